The minimum absolute atomic E-state index is 0.256. The van der Waals surface area contributed by atoms with Gasteiger partial charge in [-0.25, -0.2) is 9.67 Å². The van der Waals surface area contributed by atoms with Gasteiger partial charge in [0.1, 0.15) is 18.0 Å². The van der Waals surface area contributed by atoms with Gasteiger partial charge in [-0.05, 0) is 43.7 Å². The lowest BCUT2D eigenvalue weighted by atomic mass is 10.1. The predicted molar refractivity (Wildman–Crippen MR) is 123 cm³/mol. The van der Waals surface area contributed by atoms with Gasteiger partial charge in [0.05, 0.1) is 16.8 Å². The summed E-state index contributed by atoms with van der Waals surface area (Å²) in [5.41, 5.74) is 2.68. The number of fused-ring (bicyclic) bond motifs is 1. The largest absolute Gasteiger partial charge is 0.497 e. The number of hydrogen-bond donors (Lipinski definition) is 1. The van der Waals surface area contributed by atoms with E-state index in [2.05, 4.69) is 15.4 Å². The second kappa shape index (κ2) is 8.49. The second-order valence-electron chi connectivity index (χ2n) is 6.97. The Balaban J connectivity index is 1.73. The number of aryl methyl sites for hydroxylation is 2. The summed E-state index contributed by atoms with van der Waals surface area (Å²) >= 11 is 7.52. The summed E-state index contributed by atoms with van der Waals surface area (Å²) in [6.45, 7) is 3.45. The molecule has 2 heterocycles. The summed E-state index contributed by atoms with van der Waals surface area (Å²) in [6, 6.07) is 12.6. The second-order valence-corrected chi connectivity index (χ2v) is 8.58. The highest BCUT2D eigenvalue weighted by molar-refractivity contribution is 7.19. The number of nitrogens with zero attached hydrogens (tertiary/aromatic N) is 3. The van der Waals surface area contributed by atoms with Crippen LogP contribution in [0.4, 0.5) is 5.69 Å². The lowest BCUT2D eigenvalue weighted by molar-refractivity contribution is -0.117. The quantitative estimate of drug-likeness (QED) is 0.482. The van der Waals surface area contributed by atoms with Gasteiger partial charge in [-0.3, -0.25) is 9.59 Å². The highest BCUT2D eigenvalue weighted by Crippen LogP contribution is 2.31. The summed E-state index contributed by atoms with van der Waals surface area (Å²) in [7, 11) is 1.58. The third-order valence-electron chi connectivity index (χ3n) is 4.70. The molecule has 2 aromatic heterocycles. The standard InChI is InChI=1S/C22H19ClN4O3S/c1-12-7-8-15(10-17(12)23)25-18(28)11-27-22(29)20-21(31-13(2)24-20)19(26-27)14-5-4-6-16(9-14)30-3/h4-10H,11H2,1-3H3,(H,25,28). The summed E-state index contributed by atoms with van der Waals surface area (Å²) in [5.74, 6) is 0.276. The van der Waals surface area contributed by atoms with Crippen LogP contribution in [0.3, 0.4) is 0 Å². The molecule has 2 aromatic carbocycles. The normalized spacial score (nSPS) is 11.0. The molecule has 0 radical (unpaired) electrons. The number of halogens is 1. The first-order valence-electron chi connectivity index (χ1n) is 9.44. The molecule has 0 spiro atoms. The van der Waals surface area contributed by atoms with Gasteiger partial charge in [-0.2, -0.15) is 5.10 Å². The Morgan fingerprint density at radius 1 is 1.23 bits per heavy atom. The molecule has 4 aromatic rings. The van der Waals surface area contributed by atoms with Crippen LogP contribution in [0.25, 0.3) is 21.5 Å². The molecule has 0 saturated carbocycles. The summed E-state index contributed by atoms with van der Waals surface area (Å²) < 4.78 is 7.13. The number of amides is 1. The molecule has 4 rings (SSSR count). The topological polar surface area (TPSA) is 86.1 Å². The van der Waals surface area contributed by atoms with Crippen molar-refractivity contribution in [2.75, 3.05) is 12.4 Å². The maximum Gasteiger partial charge on any atom is 0.294 e. The first kappa shape index (κ1) is 21.0. The van der Waals surface area contributed by atoms with Crippen molar-refractivity contribution in [1.29, 1.82) is 0 Å². The molecule has 0 saturated heterocycles. The van der Waals surface area contributed by atoms with Crippen LogP contribution >= 0.6 is 22.9 Å². The Morgan fingerprint density at radius 3 is 2.77 bits per heavy atom. The molecule has 0 atom stereocenters. The fourth-order valence-corrected chi connectivity index (χ4v) is 4.24. The number of ether oxygens (including phenoxy) is 1. The first-order valence-corrected chi connectivity index (χ1v) is 10.6. The van der Waals surface area contributed by atoms with Gasteiger partial charge in [0, 0.05) is 16.3 Å². The molecule has 0 aliphatic carbocycles. The molecule has 0 unspecified atom stereocenters. The average Bonchev–Trinajstić information content (AvgIpc) is 3.14. The fraction of sp³-hybridized carbons (Fsp3) is 0.182. The van der Waals surface area contributed by atoms with E-state index < -0.39 is 11.5 Å². The van der Waals surface area contributed by atoms with Gasteiger partial charge in [-0.15, -0.1) is 11.3 Å². The molecular weight excluding hydrogens is 436 g/mol. The Labute approximate surface area is 187 Å². The molecule has 1 N–H and O–H groups in total. The van der Waals surface area contributed by atoms with Crippen molar-refractivity contribution in [2.24, 2.45) is 0 Å². The Kier molecular flexibility index (Phi) is 5.75. The van der Waals surface area contributed by atoms with Gasteiger partial charge in [0.15, 0.2) is 5.52 Å². The summed E-state index contributed by atoms with van der Waals surface area (Å²) in [4.78, 5) is 30.0. The van der Waals surface area contributed by atoms with Crippen LogP contribution in [0.1, 0.15) is 10.6 Å². The number of benzene rings is 2. The lowest BCUT2D eigenvalue weighted by Crippen LogP contribution is -2.30. The number of aromatic nitrogens is 3. The van der Waals surface area contributed by atoms with Crippen LogP contribution in [0, 0.1) is 13.8 Å². The highest BCUT2D eigenvalue weighted by Gasteiger charge is 2.18. The van der Waals surface area contributed by atoms with Crippen LogP contribution < -0.4 is 15.6 Å². The number of methoxy groups -OCH3 is 1. The minimum atomic E-state index is -0.414. The Bertz CT molecular complexity index is 1360. The number of anilines is 1. The molecule has 0 fully saturated rings. The zero-order valence-corrected chi connectivity index (χ0v) is 18.7. The number of thiazole rings is 1. The summed E-state index contributed by atoms with van der Waals surface area (Å²) in [5, 5.41) is 8.55. The van der Waals surface area contributed by atoms with Crippen LogP contribution in [0.5, 0.6) is 5.75 Å². The van der Waals surface area contributed by atoms with Gasteiger partial charge < -0.3 is 10.1 Å². The Hall–Kier alpha value is -3.23. The fourth-order valence-electron chi connectivity index (χ4n) is 3.14. The molecule has 7 nitrogen and oxygen atoms in total. The molecule has 1 amide bonds. The van der Waals surface area contributed by atoms with Crippen molar-refractivity contribution in [3.63, 3.8) is 0 Å². The van der Waals surface area contributed by atoms with Crippen LogP contribution in [-0.4, -0.2) is 27.8 Å². The van der Waals surface area contributed by atoms with E-state index in [9.17, 15) is 9.59 Å². The number of carbonyl (C=O) groups excluding carboxylic acids is 1. The van der Waals surface area contributed by atoms with E-state index in [1.807, 2.05) is 44.2 Å². The van der Waals surface area contributed by atoms with E-state index in [-0.39, 0.29) is 6.54 Å². The van der Waals surface area contributed by atoms with E-state index in [1.54, 1.807) is 19.2 Å². The number of hydrogen-bond acceptors (Lipinski definition) is 6. The van der Waals surface area contributed by atoms with Crippen molar-refractivity contribution in [1.82, 2.24) is 14.8 Å². The molecule has 158 valence electrons. The molecular formula is C22H19ClN4O3S. The van der Waals surface area contributed by atoms with Gasteiger partial charge >= 0.3 is 0 Å². The molecule has 0 bridgehead atoms. The predicted octanol–water partition coefficient (Wildman–Crippen LogP) is 4.44. The smallest absolute Gasteiger partial charge is 0.294 e. The van der Waals surface area contributed by atoms with E-state index in [0.717, 1.165) is 20.8 Å². The van der Waals surface area contributed by atoms with Crippen molar-refractivity contribution >= 4 is 44.7 Å². The molecule has 0 aliphatic heterocycles. The maximum absolute atomic E-state index is 13.0. The molecule has 31 heavy (non-hydrogen) atoms. The Morgan fingerprint density at radius 2 is 2.03 bits per heavy atom. The zero-order chi connectivity index (χ0) is 22.1. The van der Waals surface area contributed by atoms with Gasteiger partial charge in [0.2, 0.25) is 5.91 Å². The summed E-state index contributed by atoms with van der Waals surface area (Å²) in [6.07, 6.45) is 0. The van der Waals surface area contributed by atoms with Crippen molar-refractivity contribution in [3.8, 4) is 17.0 Å². The lowest BCUT2D eigenvalue weighted by Gasteiger charge is -2.10. The van der Waals surface area contributed by atoms with Gasteiger partial charge in [0.25, 0.3) is 5.56 Å². The number of rotatable bonds is 5. The van der Waals surface area contributed by atoms with E-state index in [1.165, 1.54) is 11.3 Å². The van der Waals surface area contributed by atoms with E-state index in [4.69, 9.17) is 16.3 Å². The minimum Gasteiger partial charge on any atom is -0.497 e. The third-order valence-corrected chi connectivity index (χ3v) is 6.08. The monoisotopic (exact) mass is 454 g/mol. The number of carbonyl (C=O) groups is 1. The maximum atomic E-state index is 13.0. The SMILES string of the molecule is COc1cccc(-c2nn(CC(=O)Nc3ccc(C)c(Cl)c3)c(=O)c3nc(C)sc23)c1. The van der Waals surface area contributed by atoms with E-state index in [0.29, 0.717) is 32.4 Å². The number of nitrogens with one attached hydrogen (secondary N) is 1. The third kappa shape index (κ3) is 4.30. The van der Waals surface area contributed by atoms with E-state index >= 15 is 0 Å². The van der Waals surface area contributed by atoms with Crippen LogP contribution in [0.2, 0.25) is 5.02 Å². The van der Waals surface area contributed by atoms with Crippen LogP contribution in [0.15, 0.2) is 47.3 Å². The molecule has 0 aliphatic rings. The zero-order valence-electron chi connectivity index (χ0n) is 17.1. The molecule has 9 heteroatoms. The van der Waals surface area contributed by atoms with Crippen molar-refractivity contribution < 1.29 is 9.53 Å². The first-order chi connectivity index (χ1) is 14.9. The van der Waals surface area contributed by atoms with Crippen LogP contribution in [-0.2, 0) is 11.3 Å². The average molecular weight is 455 g/mol. The highest BCUT2D eigenvalue weighted by atomic mass is 35.5. The van der Waals surface area contributed by atoms with Gasteiger partial charge in [-0.1, -0.05) is 29.8 Å². The van der Waals surface area contributed by atoms with Crippen molar-refractivity contribution in [3.05, 3.63) is 68.4 Å². The van der Waals surface area contributed by atoms with Crippen molar-refractivity contribution in [2.45, 2.75) is 20.4 Å².